The summed E-state index contributed by atoms with van der Waals surface area (Å²) < 4.78 is 5.53. The van der Waals surface area contributed by atoms with Crippen LogP contribution < -0.4 is 0 Å². The molecule has 0 aromatic heterocycles. The van der Waals surface area contributed by atoms with Gasteiger partial charge in [0.1, 0.15) is 6.10 Å². The second-order valence-corrected chi connectivity index (χ2v) is 4.43. The number of aliphatic hydroxyl groups excluding tert-OH is 1. The number of ether oxygens (including phenoxy) is 1. The highest BCUT2D eigenvalue weighted by molar-refractivity contribution is 5.24. The van der Waals surface area contributed by atoms with E-state index in [1.807, 2.05) is 61.5 Å². The number of hydrogen-bond acceptors (Lipinski definition) is 2. The van der Waals surface area contributed by atoms with Gasteiger partial charge >= 0.3 is 0 Å². The van der Waals surface area contributed by atoms with Gasteiger partial charge in [-0.2, -0.15) is 0 Å². The van der Waals surface area contributed by atoms with E-state index < -0.39 is 6.10 Å². The second kappa shape index (κ2) is 6.34. The lowest BCUT2D eigenvalue weighted by Crippen LogP contribution is -2.07. The summed E-state index contributed by atoms with van der Waals surface area (Å²) >= 11 is 0. The Morgan fingerprint density at radius 3 is 2.56 bits per heavy atom. The van der Waals surface area contributed by atoms with Gasteiger partial charge in [-0.3, -0.25) is 0 Å². The molecule has 2 aromatic carbocycles. The first-order valence-electron chi connectivity index (χ1n) is 6.12. The van der Waals surface area contributed by atoms with Crippen molar-refractivity contribution in [2.45, 2.75) is 19.6 Å². The van der Waals surface area contributed by atoms with Gasteiger partial charge in [-0.05, 0) is 18.1 Å². The zero-order valence-corrected chi connectivity index (χ0v) is 10.5. The molecule has 0 aliphatic heterocycles. The average molecular weight is 242 g/mol. The van der Waals surface area contributed by atoms with Gasteiger partial charge in [-0.1, -0.05) is 60.2 Å². The molecule has 2 nitrogen and oxygen atoms in total. The Balaban J connectivity index is 1.83. The molecule has 0 spiro atoms. The van der Waals surface area contributed by atoms with Gasteiger partial charge in [0.2, 0.25) is 0 Å². The Morgan fingerprint density at radius 1 is 1.06 bits per heavy atom. The van der Waals surface area contributed by atoms with Crippen LogP contribution in [0.15, 0.2) is 54.6 Å². The highest BCUT2D eigenvalue weighted by Crippen LogP contribution is 2.15. The lowest BCUT2D eigenvalue weighted by atomic mass is 10.1. The Kier molecular flexibility index (Phi) is 4.51. The van der Waals surface area contributed by atoms with Crippen LogP contribution in [-0.2, 0) is 11.3 Å². The first-order chi connectivity index (χ1) is 8.75. The van der Waals surface area contributed by atoms with Crippen LogP contribution in [0.5, 0.6) is 0 Å². The van der Waals surface area contributed by atoms with Crippen molar-refractivity contribution in [1.29, 1.82) is 0 Å². The van der Waals surface area contributed by atoms with Gasteiger partial charge in [0.15, 0.2) is 0 Å². The predicted octanol–water partition coefficient (Wildman–Crippen LogP) is 3.25. The lowest BCUT2D eigenvalue weighted by molar-refractivity contribution is 0.0277. The quantitative estimate of drug-likeness (QED) is 0.872. The molecule has 1 atom stereocenters. The first kappa shape index (κ1) is 12.8. The van der Waals surface area contributed by atoms with E-state index in [1.54, 1.807) is 0 Å². The van der Waals surface area contributed by atoms with E-state index in [4.69, 9.17) is 4.74 Å². The van der Waals surface area contributed by atoms with Gasteiger partial charge < -0.3 is 9.84 Å². The summed E-state index contributed by atoms with van der Waals surface area (Å²) in [4.78, 5) is 0. The minimum absolute atomic E-state index is 0.318. The monoisotopic (exact) mass is 242 g/mol. The minimum Gasteiger partial charge on any atom is -0.386 e. The van der Waals surface area contributed by atoms with Crippen molar-refractivity contribution in [1.82, 2.24) is 0 Å². The summed E-state index contributed by atoms with van der Waals surface area (Å²) in [6, 6.07) is 17.8. The Morgan fingerprint density at radius 2 is 1.83 bits per heavy atom. The molecule has 1 unspecified atom stereocenters. The summed E-state index contributed by atoms with van der Waals surface area (Å²) in [6.45, 7) is 2.86. The third-order valence-electron chi connectivity index (χ3n) is 2.81. The van der Waals surface area contributed by atoms with Crippen molar-refractivity contribution >= 4 is 0 Å². The largest absolute Gasteiger partial charge is 0.386 e. The third kappa shape index (κ3) is 3.69. The maximum absolute atomic E-state index is 10.00. The Hall–Kier alpha value is -1.64. The molecular weight excluding hydrogens is 224 g/mol. The molecule has 0 saturated carbocycles. The van der Waals surface area contributed by atoms with E-state index in [9.17, 15) is 5.11 Å². The normalized spacial score (nSPS) is 12.3. The van der Waals surface area contributed by atoms with E-state index in [0.717, 1.165) is 16.7 Å². The van der Waals surface area contributed by atoms with Crippen molar-refractivity contribution in [2.75, 3.05) is 6.61 Å². The smallest absolute Gasteiger partial charge is 0.102 e. The molecule has 0 aliphatic carbocycles. The van der Waals surface area contributed by atoms with Gasteiger partial charge in [-0.15, -0.1) is 0 Å². The van der Waals surface area contributed by atoms with Crippen molar-refractivity contribution < 1.29 is 9.84 Å². The van der Waals surface area contributed by atoms with Crippen LogP contribution in [0.25, 0.3) is 0 Å². The molecule has 0 radical (unpaired) electrons. The van der Waals surface area contributed by atoms with Crippen LogP contribution in [0.4, 0.5) is 0 Å². The van der Waals surface area contributed by atoms with Crippen LogP contribution in [0.3, 0.4) is 0 Å². The summed E-state index contributed by atoms with van der Waals surface area (Å²) in [5.74, 6) is 0. The molecule has 1 N–H and O–H groups in total. The molecule has 0 heterocycles. The van der Waals surface area contributed by atoms with Gasteiger partial charge in [0.25, 0.3) is 0 Å². The highest BCUT2D eigenvalue weighted by atomic mass is 16.5. The van der Waals surface area contributed by atoms with E-state index in [-0.39, 0.29) is 0 Å². The SMILES string of the molecule is Cc1cccc(C(O)COCc2ccccc2)c1. The van der Waals surface area contributed by atoms with Crippen LogP contribution >= 0.6 is 0 Å². The number of benzene rings is 2. The van der Waals surface area contributed by atoms with Crippen LogP contribution in [-0.4, -0.2) is 11.7 Å². The maximum atomic E-state index is 10.00. The molecule has 2 heteroatoms. The van der Waals surface area contributed by atoms with Crippen molar-refractivity contribution in [3.05, 3.63) is 71.3 Å². The summed E-state index contributed by atoms with van der Waals surface area (Å²) in [5.41, 5.74) is 3.17. The first-order valence-corrected chi connectivity index (χ1v) is 6.12. The zero-order chi connectivity index (χ0) is 12.8. The number of aliphatic hydroxyl groups is 1. The zero-order valence-electron chi connectivity index (χ0n) is 10.5. The van der Waals surface area contributed by atoms with Gasteiger partial charge in [0.05, 0.1) is 13.2 Å². The Bertz CT molecular complexity index is 479. The molecule has 0 saturated heterocycles. The van der Waals surface area contributed by atoms with E-state index >= 15 is 0 Å². The third-order valence-corrected chi connectivity index (χ3v) is 2.81. The number of rotatable bonds is 5. The number of hydrogen-bond donors (Lipinski definition) is 1. The van der Waals surface area contributed by atoms with E-state index in [1.165, 1.54) is 0 Å². The van der Waals surface area contributed by atoms with Crippen molar-refractivity contribution in [2.24, 2.45) is 0 Å². The molecular formula is C16H18O2. The van der Waals surface area contributed by atoms with E-state index in [2.05, 4.69) is 0 Å². The summed E-state index contributed by atoms with van der Waals surface area (Å²) in [7, 11) is 0. The molecule has 94 valence electrons. The lowest BCUT2D eigenvalue weighted by Gasteiger charge is -2.12. The van der Waals surface area contributed by atoms with E-state index in [0.29, 0.717) is 13.2 Å². The molecule has 0 aliphatic rings. The van der Waals surface area contributed by atoms with Crippen molar-refractivity contribution in [3.8, 4) is 0 Å². The van der Waals surface area contributed by atoms with Crippen molar-refractivity contribution in [3.63, 3.8) is 0 Å². The Labute approximate surface area is 108 Å². The molecule has 0 fully saturated rings. The van der Waals surface area contributed by atoms with Gasteiger partial charge in [0, 0.05) is 0 Å². The standard InChI is InChI=1S/C16H18O2/c1-13-6-5-9-15(10-13)16(17)12-18-11-14-7-3-2-4-8-14/h2-10,16-17H,11-12H2,1H3. The highest BCUT2D eigenvalue weighted by Gasteiger charge is 2.07. The average Bonchev–Trinajstić information content (AvgIpc) is 2.40. The predicted molar refractivity (Wildman–Crippen MR) is 72.2 cm³/mol. The molecule has 2 rings (SSSR count). The fourth-order valence-electron chi connectivity index (χ4n) is 1.84. The molecule has 0 amide bonds. The second-order valence-electron chi connectivity index (χ2n) is 4.43. The number of aryl methyl sites for hydroxylation is 1. The van der Waals surface area contributed by atoms with Gasteiger partial charge in [-0.25, -0.2) is 0 Å². The topological polar surface area (TPSA) is 29.5 Å². The van der Waals surface area contributed by atoms with Crippen LogP contribution in [0.2, 0.25) is 0 Å². The molecule has 18 heavy (non-hydrogen) atoms. The summed E-state index contributed by atoms with van der Waals surface area (Å²) in [5, 5.41) is 10.00. The van der Waals surface area contributed by atoms with Crippen LogP contribution in [0, 0.1) is 6.92 Å². The fraction of sp³-hybridized carbons (Fsp3) is 0.250. The fourth-order valence-corrected chi connectivity index (χ4v) is 1.84. The summed E-state index contributed by atoms with van der Waals surface area (Å²) in [6.07, 6.45) is -0.561. The molecule has 2 aromatic rings. The minimum atomic E-state index is -0.561. The molecule has 0 bridgehead atoms. The maximum Gasteiger partial charge on any atom is 0.102 e. The van der Waals surface area contributed by atoms with Crippen LogP contribution in [0.1, 0.15) is 22.8 Å².